The molecule has 0 bridgehead atoms. The maximum absolute atomic E-state index is 5.83. The van der Waals surface area contributed by atoms with E-state index in [1.807, 2.05) is 6.08 Å². The van der Waals surface area contributed by atoms with Gasteiger partial charge in [0.1, 0.15) is 0 Å². The highest BCUT2D eigenvalue weighted by Gasteiger charge is 2.14. The average Bonchev–Trinajstić information content (AvgIpc) is 2.28. The Kier molecular flexibility index (Phi) is 6.69. The Morgan fingerprint density at radius 3 is 2.80 bits per heavy atom. The van der Waals surface area contributed by atoms with Crippen molar-refractivity contribution in [1.82, 2.24) is 5.32 Å². The molecule has 0 aliphatic heterocycles. The second-order valence-electron chi connectivity index (χ2n) is 4.59. The number of rotatable bonds is 7. The lowest BCUT2D eigenvalue weighted by Crippen LogP contribution is -2.28. The fraction of sp³-hybridized carbons (Fsp3) is 0.846. The Morgan fingerprint density at radius 2 is 2.13 bits per heavy atom. The van der Waals surface area contributed by atoms with Crippen molar-refractivity contribution >= 4 is 0 Å². The van der Waals surface area contributed by atoms with Crippen LogP contribution in [0.3, 0.4) is 0 Å². The van der Waals surface area contributed by atoms with E-state index >= 15 is 0 Å². The zero-order valence-corrected chi connectivity index (χ0v) is 10.0. The number of ether oxygens (including phenoxy) is 1. The summed E-state index contributed by atoms with van der Waals surface area (Å²) in [6.45, 7) is 8.57. The van der Waals surface area contributed by atoms with Gasteiger partial charge in [0.15, 0.2) is 0 Å². The third-order valence-corrected chi connectivity index (χ3v) is 3.06. The summed E-state index contributed by atoms with van der Waals surface area (Å²) in [7, 11) is 0. The minimum Gasteiger partial charge on any atom is -0.377 e. The molecule has 1 rings (SSSR count). The van der Waals surface area contributed by atoms with Crippen molar-refractivity contribution in [3.63, 3.8) is 0 Å². The molecule has 0 amide bonds. The van der Waals surface area contributed by atoms with Crippen LogP contribution in [0, 0.1) is 5.92 Å². The summed E-state index contributed by atoms with van der Waals surface area (Å²) in [5, 5.41) is 3.28. The first-order valence-electron chi connectivity index (χ1n) is 6.26. The van der Waals surface area contributed by atoms with Gasteiger partial charge in [0.05, 0.1) is 6.10 Å². The van der Waals surface area contributed by atoms with Gasteiger partial charge in [-0.15, -0.1) is 6.58 Å². The zero-order valence-electron chi connectivity index (χ0n) is 10.0. The highest BCUT2D eigenvalue weighted by atomic mass is 16.5. The maximum atomic E-state index is 5.83. The van der Waals surface area contributed by atoms with Crippen LogP contribution in [0.1, 0.15) is 39.0 Å². The predicted molar refractivity (Wildman–Crippen MR) is 65.1 cm³/mol. The molecule has 1 unspecified atom stereocenters. The van der Waals surface area contributed by atoms with Crippen LogP contribution in [0.25, 0.3) is 0 Å². The van der Waals surface area contributed by atoms with Crippen molar-refractivity contribution in [3.8, 4) is 0 Å². The Hall–Kier alpha value is -0.340. The Balaban J connectivity index is 1.99. The fourth-order valence-electron chi connectivity index (χ4n) is 2.10. The smallest absolute Gasteiger partial charge is 0.0671 e. The van der Waals surface area contributed by atoms with Crippen LogP contribution in [0.15, 0.2) is 12.7 Å². The maximum Gasteiger partial charge on any atom is 0.0671 e. The SMILES string of the molecule is C=CCNCC(C)OCC1CCCCC1. The van der Waals surface area contributed by atoms with E-state index in [0.717, 1.165) is 25.6 Å². The third kappa shape index (κ3) is 5.95. The standard InChI is InChI=1S/C13H25NO/c1-3-9-14-10-12(2)15-11-13-7-5-4-6-8-13/h3,12-14H,1,4-11H2,2H3. The molecule has 1 fully saturated rings. The summed E-state index contributed by atoms with van der Waals surface area (Å²) in [5.74, 6) is 0.820. The van der Waals surface area contributed by atoms with Crippen molar-refractivity contribution in [2.75, 3.05) is 19.7 Å². The van der Waals surface area contributed by atoms with Crippen LogP contribution in [0.2, 0.25) is 0 Å². The molecule has 0 saturated heterocycles. The van der Waals surface area contributed by atoms with Gasteiger partial charge in [-0.05, 0) is 25.7 Å². The highest BCUT2D eigenvalue weighted by Crippen LogP contribution is 2.23. The first kappa shape index (κ1) is 12.7. The lowest BCUT2D eigenvalue weighted by atomic mass is 9.90. The summed E-state index contributed by atoms with van der Waals surface area (Å²) < 4.78 is 5.83. The van der Waals surface area contributed by atoms with Crippen LogP contribution >= 0.6 is 0 Å². The number of hydrogen-bond acceptors (Lipinski definition) is 2. The van der Waals surface area contributed by atoms with Crippen molar-refractivity contribution in [1.29, 1.82) is 0 Å². The summed E-state index contributed by atoms with van der Waals surface area (Å²) >= 11 is 0. The van der Waals surface area contributed by atoms with E-state index in [9.17, 15) is 0 Å². The monoisotopic (exact) mass is 211 g/mol. The Bertz CT molecular complexity index is 164. The van der Waals surface area contributed by atoms with Crippen LogP contribution in [0.5, 0.6) is 0 Å². The van der Waals surface area contributed by atoms with E-state index in [4.69, 9.17) is 4.74 Å². The van der Waals surface area contributed by atoms with Gasteiger partial charge in [0, 0.05) is 19.7 Å². The fourth-order valence-corrected chi connectivity index (χ4v) is 2.10. The van der Waals surface area contributed by atoms with Crippen LogP contribution < -0.4 is 5.32 Å². The van der Waals surface area contributed by atoms with Gasteiger partial charge in [-0.2, -0.15) is 0 Å². The highest BCUT2D eigenvalue weighted by molar-refractivity contribution is 4.71. The van der Waals surface area contributed by atoms with E-state index < -0.39 is 0 Å². The molecule has 1 aliphatic rings. The van der Waals surface area contributed by atoms with Gasteiger partial charge in [0.2, 0.25) is 0 Å². The van der Waals surface area contributed by atoms with Crippen LogP contribution in [0.4, 0.5) is 0 Å². The quantitative estimate of drug-likeness (QED) is 0.516. The minimum absolute atomic E-state index is 0.326. The zero-order chi connectivity index (χ0) is 10.9. The predicted octanol–water partition coefficient (Wildman–Crippen LogP) is 2.75. The first-order valence-corrected chi connectivity index (χ1v) is 6.26. The van der Waals surface area contributed by atoms with Gasteiger partial charge < -0.3 is 10.1 Å². The molecule has 0 heterocycles. The second-order valence-corrected chi connectivity index (χ2v) is 4.59. The van der Waals surface area contributed by atoms with Crippen molar-refractivity contribution in [2.24, 2.45) is 5.92 Å². The lowest BCUT2D eigenvalue weighted by molar-refractivity contribution is 0.0320. The van der Waals surface area contributed by atoms with Crippen LogP contribution in [-0.4, -0.2) is 25.8 Å². The number of hydrogen-bond donors (Lipinski definition) is 1. The van der Waals surface area contributed by atoms with Gasteiger partial charge in [-0.1, -0.05) is 25.3 Å². The van der Waals surface area contributed by atoms with E-state index in [2.05, 4.69) is 18.8 Å². The van der Waals surface area contributed by atoms with Gasteiger partial charge in [-0.25, -0.2) is 0 Å². The molecule has 0 radical (unpaired) electrons. The Labute approximate surface area is 94.1 Å². The average molecular weight is 211 g/mol. The molecule has 2 heteroatoms. The molecule has 88 valence electrons. The minimum atomic E-state index is 0.326. The van der Waals surface area contributed by atoms with Gasteiger partial charge in [0.25, 0.3) is 0 Å². The normalized spacial score (nSPS) is 20.1. The van der Waals surface area contributed by atoms with Gasteiger partial charge in [-0.3, -0.25) is 0 Å². The largest absolute Gasteiger partial charge is 0.377 e. The first-order chi connectivity index (χ1) is 7.33. The summed E-state index contributed by atoms with van der Waals surface area (Å²) in [4.78, 5) is 0. The summed E-state index contributed by atoms with van der Waals surface area (Å²) in [6.07, 6.45) is 9.17. The summed E-state index contributed by atoms with van der Waals surface area (Å²) in [5.41, 5.74) is 0. The topological polar surface area (TPSA) is 21.3 Å². The molecule has 0 aromatic heterocycles. The molecule has 15 heavy (non-hydrogen) atoms. The van der Waals surface area contributed by atoms with Gasteiger partial charge >= 0.3 is 0 Å². The van der Waals surface area contributed by atoms with E-state index in [-0.39, 0.29) is 0 Å². The molecule has 0 spiro atoms. The second kappa shape index (κ2) is 7.89. The molecule has 2 nitrogen and oxygen atoms in total. The Morgan fingerprint density at radius 1 is 1.40 bits per heavy atom. The molecule has 1 atom stereocenters. The van der Waals surface area contributed by atoms with E-state index in [1.165, 1.54) is 32.1 Å². The molecule has 1 saturated carbocycles. The van der Waals surface area contributed by atoms with Crippen molar-refractivity contribution in [2.45, 2.75) is 45.1 Å². The van der Waals surface area contributed by atoms with E-state index in [1.54, 1.807) is 0 Å². The summed E-state index contributed by atoms with van der Waals surface area (Å²) in [6, 6.07) is 0. The molecular formula is C13H25NO. The van der Waals surface area contributed by atoms with Crippen molar-refractivity contribution in [3.05, 3.63) is 12.7 Å². The molecular weight excluding hydrogens is 186 g/mol. The lowest BCUT2D eigenvalue weighted by Gasteiger charge is -2.23. The molecule has 1 N–H and O–H groups in total. The third-order valence-electron chi connectivity index (χ3n) is 3.06. The van der Waals surface area contributed by atoms with Crippen molar-refractivity contribution < 1.29 is 4.74 Å². The molecule has 1 aliphatic carbocycles. The molecule has 0 aromatic rings. The van der Waals surface area contributed by atoms with Crippen LogP contribution in [-0.2, 0) is 4.74 Å². The van der Waals surface area contributed by atoms with E-state index in [0.29, 0.717) is 6.10 Å². The number of nitrogens with one attached hydrogen (secondary N) is 1. The molecule has 0 aromatic carbocycles.